The Morgan fingerprint density at radius 2 is 1.81 bits per heavy atom. The van der Waals surface area contributed by atoms with Gasteiger partial charge in [0, 0.05) is 49.4 Å². The first-order chi connectivity index (χ1) is 12.1. The first-order valence-corrected chi connectivity index (χ1v) is 8.73. The molecular weight excluding hydrogens is 347 g/mol. The molecule has 2 heterocycles. The topological polar surface area (TPSA) is 52.7 Å². The highest BCUT2D eigenvalue weighted by Crippen LogP contribution is 2.34. The van der Waals surface area contributed by atoms with Gasteiger partial charge in [0.1, 0.15) is 0 Å². The van der Waals surface area contributed by atoms with Crippen molar-refractivity contribution in [1.29, 1.82) is 0 Å². The van der Waals surface area contributed by atoms with Crippen LogP contribution in [0.15, 0.2) is 18.2 Å². The number of amides is 2. The van der Waals surface area contributed by atoms with Gasteiger partial charge in [-0.1, -0.05) is 0 Å². The maximum Gasteiger partial charge on any atom is 0.416 e. The van der Waals surface area contributed by atoms with Gasteiger partial charge >= 0.3 is 6.18 Å². The van der Waals surface area contributed by atoms with Crippen LogP contribution in [0.1, 0.15) is 42.6 Å². The number of nitrogens with one attached hydrogen (secondary N) is 1. The number of alkyl halides is 3. The average molecular weight is 369 g/mol. The van der Waals surface area contributed by atoms with Gasteiger partial charge in [0.25, 0.3) is 5.91 Å². The third-order valence-electron chi connectivity index (χ3n) is 4.72. The lowest BCUT2D eigenvalue weighted by Gasteiger charge is -2.36. The first kappa shape index (κ1) is 18.7. The van der Waals surface area contributed by atoms with Crippen LogP contribution in [0.2, 0.25) is 0 Å². The lowest BCUT2D eigenvalue weighted by molar-refractivity contribution is -0.137. The van der Waals surface area contributed by atoms with Crippen LogP contribution in [0.5, 0.6) is 0 Å². The predicted molar refractivity (Wildman–Crippen MR) is 91.0 cm³/mol. The number of piperazine rings is 1. The van der Waals surface area contributed by atoms with Crippen molar-refractivity contribution in [2.45, 2.75) is 44.9 Å². The normalized spacial score (nSPS) is 24.3. The molecule has 2 aliphatic heterocycles. The molecule has 0 bridgehead atoms. The molecule has 5 nitrogen and oxygen atoms in total. The van der Waals surface area contributed by atoms with E-state index in [4.69, 9.17) is 0 Å². The number of carbonyl (C=O) groups excluding carboxylic acids is 2. The van der Waals surface area contributed by atoms with Gasteiger partial charge in [-0.15, -0.1) is 0 Å². The molecule has 2 aliphatic rings. The molecule has 2 atom stereocenters. The van der Waals surface area contributed by atoms with E-state index in [-0.39, 0.29) is 29.2 Å². The maximum absolute atomic E-state index is 13.3. The zero-order valence-corrected chi connectivity index (χ0v) is 14.8. The second-order valence-corrected chi connectivity index (χ2v) is 7.09. The zero-order chi connectivity index (χ0) is 19.1. The molecule has 0 unspecified atom stereocenters. The number of benzene rings is 1. The standard InChI is InChI=1S/C18H22F3N3O2/c1-11-9-23(10-12(2)22-11)17(26)13-6-14(18(19,20)21)8-15(7-13)24-5-3-4-16(24)25/h6-8,11-12,22H,3-5,9-10H2,1-2H3/t11-,12+. The second-order valence-electron chi connectivity index (χ2n) is 7.09. The summed E-state index contributed by atoms with van der Waals surface area (Å²) in [6.45, 7) is 5.08. The fourth-order valence-electron chi connectivity index (χ4n) is 3.65. The van der Waals surface area contributed by atoms with Crippen molar-refractivity contribution < 1.29 is 22.8 Å². The number of anilines is 1. The highest BCUT2D eigenvalue weighted by molar-refractivity contribution is 5.99. The van der Waals surface area contributed by atoms with Crippen LogP contribution in [0.25, 0.3) is 0 Å². The molecule has 142 valence electrons. The molecule has 0 saturated carbocycles. The minimum Gasteiger partial charge on any atom is -0.336 e. The van der Waals surface area contributed by atoms with Gasteiger partial charge < -0.3 is 15.1 Å². The molecule has 0 radical (unpaired) electrons. The quantitative estimate of drug-likeness (QED) is 0.872. The molecule has 1 N–H and O–H groups in total. The molecule has 1 aromatic rings. The molecule has 0 aliphatic carbocycles. The van der Waals surface area contributed by atoms with E-state index in [2.05, 4.69) is 5.32 Å². The predicted octanol–water partition coefficient (Wildman–Crippen LogP) is 2.65. The largest absolute Gasteiger partial charge is 0.416 e. The Balaban J connectivity index is 1.97. The minimum atomic E-state index is -4.59. The first-order valence-electron chi connectivity index (χ1n) is 8.73. The van der Waals surface area contributed by atoms with Gasteiger partial charge in [0.2, 0.25) is 5.91 Å². The van der Waals surface area contributed by atoms with E-state index in [1.165, 1.54) is 11.0 Å². The van der Waals surface area contributed by atoms with Crippen molar-refractivity contribution in [1.82, 2.24) is 10.2 Å². The smallest absolute Gasteiger partial charge is 0.336 e. The van der Waals surface area contributed by atoms with Gasteiger partial charge in [0.15, 0.2) is 0 Å². The van der Waals surface area contributed by atoms with Gasteiger partial charge in [-0.3, -0.25) is 9.59 Å². The molecule has 26 heavy (non-hydrogen) atoms. The Labute approximate surface area is 150 Å². The number of carbonyl (C=O) groups is 2. The van der Waals surface area contributed by atoms with Gasteiger partial charge in [-0.05, 0) is 38.5 Å². The Kier molecular flexibility index (Phi) is 4.96. The van der Waals surface area contributed by atoms with Crippen molar-refractivity contribution >= 4 is 17.5 Å². The molecule has 2 fully saturated rings. The van der Waals surface area contributed by atoms with E-state index in [1.54, 1.807) is 4.90 Å². The van der Waals surface area contributed by atoms with E-state index in [0.717, 1.165) is 12.1 Å². The molecule has 8 heteroatoms. The fraction of sp³-hybridized carbons (Fsp3) is 0.556. The Hall–Kier alpha value is -2.09. The zero-order valence-electron chi connectivity index (χ0n) is 14.8. The van der Waals surface area contributed by atoms with Crippen LogP contribution in [0, 0.1) is 0 Å². The number of hydrogen-bond donors (Lipinski definition) is 1. The Morgan fingerprint density at radius 1 is 1.15 bits per heavy atom. The SMILES string of the molecule is C[C@@H]1CN(C(=O)c2cc(N3CCCC3=O)cc(C(F)(F)F)c2)C[C@H](C)N1. The summed E-state index contributed by atoms with van der Waals surface area (Å²) in [7, 11) is 0. The van der Waals surface area contributed by atoms with E-state index in [0.29, 0.717) is 32.5 Å². The minimum absolute atomic E-state index is 0.0316. The molecular formula is C18H22F3N3O2. The van der Waals surface area contributed by atoms with E-state index in [9.17, 15) is 22.8 Å². The lowest BCUT2D eigenvalue weighted by atomic mass is 10.0. The van der Waals surface area contributed by atoms with Crippen LogP contribution in [0.4, 0.5) is 18.9 Å². The molecule has 1 aromatic carbocycles. The monoisotopic (exact) mass is 369 g/mol. The summed E-state index contributed by atoms with van der Waals surface area (Å²) in [5.74, 6) is -0.656. The third-order valence-corrected chi connectivity index (χ3v) is 4.72. The third kappa shape index (κ3) is 3.85. The van der Waals surface area contributed by atoms with Crippen LogP contribution in [-0.2, 0) is 11.0 Å². The summed E-state index contributed by atoms with van der Waals surface area (Å²) in [6, 6.07) is 3.35. The van der Waals surface area contributed by atoms with Crippen LogP contribution < -0.4 is 10.2 Å². The van der Waals surface area contributed by atoms with E-state index >= 15 is 0 Å². The number of nitrogens with zero attached hydrogens (tertiary/aromatic N) is 2. The molecule has 0 spiro atoms. The average Bonchev–Trinajstić information content (AvgIpc) is 2.98. The van der Waals surface area contributed by atoms with Crippen molar-refractivity contribution in [3.8, 4) is 0 Å². The van der Waals surface area contributed by atoms with Crippen molar-refractivity contribution in [2.75, 3.05) is 24.5 Å². The van der Waals surface area contributed by atoms with Crippen molar-refractivity contribution in [2.24, 2.45) is 0 Å². The highest BCUT2D eigenvalue weighted by atomic mass is 19.4. The Bertz CT molecular complexity index is 710. The maximum atomic E-state index is 13.3. The van der Waals surface area contributed by atoms with E-state index < -0.39 is 17.6 Å². The van der Waals surface area contributed by atoms with Crippen molar-refractivity contribution in [3.63, 3.8) is 0 Å². The van der Waals surface area contributed by atoms with Crippen molar-refractivity contribution in [3.05, 3.63) is 29.3 Å². The summed E-state index contributed by atoms with van der Waals surface area (Å²) >= 11 is 0. The highest BCUT2D eigenvalue weighted by Gasteiger charge is 2.34. The van der Waals surface area contributed by atoms with Crippen LogP contribution in [-0.4, -0.2) is 48.4 Å². The number of halogens is 3. The summed E-state index contributed by atoms with van der Waals surface area (Å²) in [4.78, 5) is 27.7. The number of rotatable bonds is 2. The van der Waals surface area contributed by atoms with Gasteiger partial charge in [-0.25, -0.2) is 0 Å². The fourth-order valence-corrected chi connectivity index (χ4v) is 3.65. The van der Waals surface area contributed by atoms with Gasteiger partial charge in [-0.2, -0.15) is 13.2 Å². The summed E-state index contributed by atoms with van der Waals surface area (Å²) in [5.41, 5.74) is -0.799. The van der Waals surface area contributed by atoms with Gasteiger partial charge in [0.05, 0.1) is 5.56 Å². The van der Waals surface area contributed by atoms with E-state index in [1.807, 2.05) is 13.8 Å². The number of hydrogen-bond acceptors (Lipinski definition) is 3. The summed E-state index contributed by atoms with van der Waals surface area (Å²) in [5, 5.41) is 3.29. The molecule has 0 aromatic heterocycles. The Morgan fingerprint density at radius 3 is 2.35 bits per heavy atom. The summed E-state index contributed by atoms with van der Waals surface area (Å²) in [6.07, 6.45) is -3.67. The molecule has 2 saturated heterocycles. The molecule has 3 rings (SSSR count). The second kappa shape index (κ2) is 6.90. The van der Waals surface area contributed by atoms with Crippen LogP contribution >= 0.6 is 0 Å². The molecule has 2 amide bonds. The lowest BCUT2D eigenvalue weighted by Crippen LogP contribution is -2.55. The van der Waals surface area contributed by atoms with Crippen LogP contribution in [0.3, 0.4) is 0 Å². The summed E-state index contributed by atoms with van der Waals surface area (Å²) < 4.78 is 40.0.